The number of anilines is 1. The maximum absolute atomic E-state index is 11.7. The molecule has 5 rings (SSSR count). The first-order chi connectivity index (χ1) is 14.9. The zero-order chi connectivity index (χ0) is 21.6. The number of benzene rings is 2. The van der Waals surface area contributed by atoms with Crippen LogP contribution in [-0.4, -0.2) is 62.2 Å². The van der Waals surface area contributed by atoms with Crippen LogP contribution in [0, 0.1) is 5.92 Å². The van der Waals surface area contributed by atoms with Crippen molar-refractivity contribution in [1.82, 2.24) is 9.80 Å². The van der Waals surface area contributed by atoms with Crippen molar-refractivity contribution in [3.8, 4) is 0 Å². The highest BCUT2D eigenvalue weighted by molar-refractivity contribution is 7.90. The third-order valence-electron chi connectivity index (χ3n) is 6.66. The number of nitrogens with zero attached hydrogens (tertiary/aromatic N) is 3. The van der Waals surface area contributed by atoms with Crippen molar-refractivity contribution in [1.29, 1.82) is 0 Å². The molecule has 2 aromatic rings. The van der Waals surface area contributed by atoms with Gasteiger partial charge in [-0.05, 0) is 42.7 Å². The lowest BCUT2D eigenvalue weighted by Gasteiger charge is -2.50. The molecule has 164 valence electrons. The predicted octanol–water partition coefficient (Wildman–Crippen LogP) is 2.43. The van der Waals surface area contributed by atoms with E-state index in [1.54, 1.807) is 12.1 Å². The van der Waals surface area contributed by atoms with Crippen LogP contribution in [0.2, 0.25) is 0 Å². The minimum atomic E-state index is -3.16. The lowest BCUT2D eigenvalue weighted by molar-refractivity contribution is 0.0665. The Bertz CT molecular complexity index is 1100. The molecule has 0 amide bonds. The Kier molecular flexibility index (Phi) is 5.03. The number of para-hydroxylation sites is 2. The number of fused-ring (bicyclic) bond motifs is 1. The molecule has 2 heterocycles. The Labute approximate surface area is 183 Å². The van der Waals surface area contributed by atoms with Crippen LogP contribution in [0.5, 0.6) is 0 Å². The fourth-order valence-electron chi connectivity index (χ4n) is 4.83. The summed E-state index contributed by atoms with van der Waals surface area (Å²) < 4.78 is 23.3. The summed E-state index contributed by atoms with van der Waals surface area (Å²) >= 11 is 0. The van der Waals surface area contributed by atoms with Crippen LogP contribution in [0.3, 0.4) is 0 Å². The van der Waals surface area contributed by atoms with E-state index in [0.29, 0.717) is 16.6 Å². The second-order valence-electron chi connectivity index (χ2n) is 8.86. The van der Waals surface area contributed by atoms with Crippen LogP contribution in [0.1, 0.15) is 18.4 Å². The quantitative estimate of drug-likeness (QED) is 0.744. The summed E-state index contributed by atoms with van der Waals surface area (Å²) in [6, 6.07) is 15.3. The lowest BCUT2D eigenvalue weighted by Crippen LogP contribution is -2.68. The molecule has 3 aliphatic rings. The first-order valence-electron chi connectivity index (χ1n) is 10.8. The molecule has 2 fully saturated rings. The number of amidine groups is 1. The van der Waals surface area contributed by atoms with E-state index in [9.17, 15) is 8.42 Å². The van der Waals surface area contributed by atoms with E-state index >= 15 is 0 Å². The number of rotatable bonds is 5. The topological polar surface area (TPSA) is 91.0 Å². The fourth-order valence-corrected chi connectivity index (χ4v) is 5.46. The Morgan fingerprint density at radius 2 is 1.74 bits per heavy atom. The highest BCUT2D eigenvalue weighted by Gasteiger charge is 2.54. The minimum Gasteiger partial charge on any atom is -0.384 e. The van der Waals surface area contributed by atoms with E-state index in [-0.39, 0.29) is 0 Å². The van der Waals surface area contributed by atoms with E-state index < -0.39 is 15.5 Å². The molecule has 0 aromatic heterocycles. The Balaban J connectivity index is 1.29. The van der Waals surface area contributed by atoms with Gasteiger partial charge in [-0.2, -0.15) is 0 Å². The molecule has 3 N–H and O–H groups in total. The van der Waals surface area contributed by atoms with Crippen LogP contribution in [0.25, 0.3) is 0 Å². The first-order valence-corrected chi connectivity index (χ1v) is 12.7. The van der Waals surface area contributed by atoms with Gasteiger partial charge in [-0.3, -0.25) is 9.80 Å². The number of sulfone groups is 1. The fraction of sp³-hybridized carbons (Fsp3) is 0.435. The average molecular weight is 440 g/mol. The zero-order valence-corrected chi connectivity index (χ0v) is 18.6. The van der Waals surface area contributed by atoms with Gasteiger partial charge in [0.2, 0.25) is 0 Å². The van der Waals surface area contributed by atoms with Crippen molar-refractivity contribution < 1.29 is 8.42 Å². The Hall–Kier alpha value is -2.42. The molecular weight excluding hydrogens is 410 g/mol. The SMILES string of the molecule is CS(=O)(=O)c1ccc(CN2CCN(C3(C4CC4)Nc4ccccc4N=C3N)CC2)cc1. The average Bonchev–Trinajstić information content (AvgIpc) is 3.59. The van der Waals surface area contributed by atoms with Gasteiger partial charge in [0.15, 0.2) is 15.5 Å². The summed E-state index contributed by atoms with van der Waals surface area (Å²) in [5.74, 6) is 1.17. The first kappa shape index (κ1) is 20.5. The monoisotopic (exact) mass is 439 g/mol. The minimum absolute atomic E-state index is 0.367. The van der Waals surface area contributed by atoms with Gasteiger partial charge < -0.3 is 11.1 Å². The molecule has 7 nitrogen and oxygen atoms in total. The predicted molar refractivity (Wildman–Crippen MR) is 123 cm³/mol. The van der Waals surface area contributed by atoms with Crippen molar-refractivity contribution in [2.24, 2.45) is 16.6 Å². The van der Waals surface area contributed by atoms with Gasteiger partial charge in [0, 0.05) is 44.9 Å². The van der Waals surface area contributed by atoms with E-state index in [2.05, 4.69) is 21.2 Å². The number of hydrogen-bond donors (Lipinski definition) is 2. The van der Waals surface area contributed by atoms with Crippen LogP contribution in [0.4, 0.5) is 11.4 Å². The standard InChI is InChI=1S/C23H29N5O2S/c1-31(29,30)19-10-6-17(7-11-19)16-27-12-14-28(15-13-27)23(18-8-9-18)22(24)25-20-4-2-3-5-21(20)26-23/h2-7,10-11,18,26H,8-9,12-16H2,1H3,(H2,24,25). The maximum atomic E-state index is 11.7. The van der Waals surface area contributed by atoms with E-state index in [1.807, 2.05) is 30.3 Å². The van der Waals surface area contributed by atoms with Gasteiger partial charge in [-0.25, -0.2) is 13.4 Å². The third-order valence-corrected chi connectivity index (χ3v) is 7.79. The molecule has 8 heteroatoms. The van der Waals surface area contributed by atoms with Crippen molar-refractivity contribution in [2.45, 2.75) is 29.9 Å². The van der Waals surface area contributed by atoms with Crippen molar-refractivity contribution in [3.63, 3.8) is 0 Å². The molecule has 2 aliphatic heterocycles. The summed E-state index contributed by atoms with van der Waals surface area (Å²) in [4.78, 5) is 10.0. The van der Waals surface area contributed by atoms with E-state index in [0.717, 1.165) is 62.5 Å². The summed E-state index contributed by atoms with van der Waals surface area (Å²) in [7, 11) is -3.16. The van der Waals surface area contributed by atoms with Crippen LogP contribution >= 0.6 is 0 Å². The number of hydrogen-bond acceptors (Lipinski definition) is 7. The molecule has 1 unspecified atom stereocenters. The second-order valence-corrected chi connectivity index (χ2v) is 10.9. The molecule has 1 aliphatic carbocycles. The van der Waals surface area contributed by atoms with Gasteiger partial charge in [0.05, 0.1) is 16.3 Å². The lowest BCUT2D eigenvalue weighted by atomic mass is 9.96. The summed E-state index contributed by atoms with van der Waals surface area (Å²) in [6.45, 7) is 4.48. The zero-order valence-electron chi connectivity index (χ0n) is 17.8. The van der Waals surface area contributed by atoms with Crippen molar-refractivity contribution in [3.05, 3.63) is 54.1 Å². The Morgan fingerprint density at radius 1 is 1.06 bits per heavy atom. The van der Waals surface area contributed by atoms with Crippen molar-refractivity contribution >= 4 is 27.0 Å². The van der Waals surface area contributed by atoms with Crippen LogP contribution in [0.15, 0.2) is 58.4 Å². The van der Waals surface area contributed by atoms with Gasteiger partial charge in [0.25, 0.3) is 0 Å². The molecular formula is C23H29N5O2S. The smallest absolute Gasteiger partial charge is 0.175 e. The van der Waals surface area contributed by atoms with Gasteiger partial charge >= 0.3 is 0 Å². The molecule has 0 bridgehead atoms. The molecule has 2 aromatic carbocycles. The second kappa shape index (κ2) is 7.62. The largest absolute Gasteiger partial charge is 0.384 e. The van der Waals surface area contributed by atoms with Crippen molar-refractivity contribution in [2.75, 3.05) is 37.8 Å². The number of aliphatic imine (C=N–C) groups is 1. The molecule has 31 heavy (non-hydrogen) atoms. The van der Waals surface area contributed by atoms with Gasteiger partial charge in [-0.15, -0.1) is 0 Å². The highest BCUT2D eigenvalue weighted by atomic mass is 32.2. The van der Waals surface area contributed by atoms with Gasteiger partial charge in [0.1, 0.15) is 5.84 Å². The maximum Gasteiger partial charge on any atom is 0.175 e. The van der Waals surface area contributed by atoms with E-state index in [1.165, 1.54) is 6.26 Å². The molecule has 1 saturated carbocycles. The number of nitrogens with one attached hydrogen (secondary N) is 1. The third kappa shape index (κ3) is 3.84. The Morgan fingerprint density at radius 3 is 2.39 bits per heavy atom. The molecule has 0 spiro atoms. The summed E-state index contributed by atoms with van der Waals surface area (Å²) in [6.07, 6.45) is 3.57. The normalized spacial score (nSPS) is 24.9. The number of piperazine rings is 1. The molecule has 1 saturated heterocycles. The van der Waals surface area contributed by atoms with Gasteiger partial charge in [-0.1, -0.05) is 24.3 Å². The van der Waals surface area contributed by atoms with Crippen LogP contribution < -0.4 is 11.1 Å². The molecule has 1 atom stereocenters. The van der Waals surface area contributed by atoms with E-state index in [4.69, 9.17) is 10.7 Å². The summed E-state index contributed by atoms with van der Waals surface area (Å²) in [5, 5.41) is 3.77. The summed E-state index contributed by atoms with van der Waals surface area (Å²) in [5.41, 5.74) is 9.29. The molecule has 0 radical (unpaired) electrons. The van der Waals surface area contributed by atoms with Crippen LogP contribution in [-0.2, 0) is 16.4 Å². The highest BCUT2D eigenvalue weighted by Crippen LogP contribution is 2.47. The number of nitrogens with two attached hydrogens (primary N) is 1.